The zero-order chi connectivity index (χ0) is 28.8. The molecule has 2 aromatic rings. The molecule has 1 unspecified atom stereocenters. The number of amides is 1. The van der Waals surface area contributed by atoms with Gasteiger partial charge < -0.3 is 14.2 Å². The summed E-state index contributed by atoms with van der Waals surface area (Å²) in [5, 5.41) is 11.6. The number of benzene rings is 2. The third kappa shape index (κ3) is 8.33. The van der Waals surface area contributed by atoms with E-state index in [9.17, 15) is 27.9 Å². The summed E-state index contributed by atoms with van der Waals surface area (Å²) < 4.78 is 45.8. The van der Waals surface area contributed by atoms with Crippen molar-refractivity contribution in [2.24, 2.45) is 5.92 Å². The molecule has 2 aromatic carbocycles. The van der Waals surface area contributed by atoms with Gasteiger partial charge in [-0.1, -0.05) is 25.0 Å². The fraction of sp³-hybridized carbons (Fsp3) is 0.519. The first-order chi connectivity index (χ1) is 18.3. The van der Waals surface area contributed by atoms with Crippen LogP contribution in [-0.2, 0) is 25.9 Å². The van der Waals surface area contributed by atoms with Crippen molar-refractivity contribution in [3.63, 3.8) is 0 Å². The normalized spacial score (nSPS) is 15.6. The number of hydrogen-bond acceptors (Lipinski definition) is 7. The summed E-state index contributed by atoms with van der Waals surface area (Å²) in [4.78, 5) is 25.1. The Morgan fingerprint density at radius 3 is 2.28 bits per heavy atom. The molecule has 1 aliphatic heterocycles. The third-order valence-corrected chi connectivity index (χ3v) is 9.39. The van der Waals surface area contributed by atoms with Crippen LogP contribution in [0.1, 0.15) is 52.9 Å². The predicted octanol–water partition coefficient (Wildman–Crippen LogP) is 5.34. The lowest BCUT2D eigenvalue weighted by Crippen LogP contribution is -2.41. The van der Waals surface area contributed by atoms with Gasteiger partial charge in [-0.25, -0.2) is 13.2 Å². The van der Waals surface area contributed by atoms with Gasteiger partial charge in [-0.15, -0.1) is 0 Å². The Morgan fingerprint density at radius 1 is 1.10 bits per heavy atom. The summed E-state index contributed by atoms with van der Waals surface area (Å²) in [6, 6.07) is 11.7. The number of hydrogen-bond donors (Lipinski definition) is 0. The lowest BCUT2D eigenvalue weighted by atomic mass is 9.92. The van der Waals surface area contributed by atoms with Gasteiger partial charge in [0.1, 0.15) is 11.9 Å². The zero-order valence-corrected chi connectivity index (χ0v) is 24.5. The first kappa shape index (κ1) is 30.7. The van der Waals surface area contributed by atoms with E-state index in [0.717, 1.165) is 25.7 Å². The van der Waals surface area contributed by atoms with Gasteiger partial charge in [0.15, 0.2) is 9.79 Å². The number of nitro groups is 1. The third-order valence-electron chi connectivity index (χ3n) is 6.58. The summed E-state index contributed by atoms with van der Waals surface area (Å²) in [5.41, 5.74) is -0.660. The number of piperidine rings is 1. The van der Waals surface area contributed by atoms with Crippen molar-refractivity contribution in [1.82, 2.24) is 4.90 Å². The lowest BCUT2D eigenvalue weighted by Gasteiger charge is -2.33. The molecule has 1 atom stereocenters. The summed E-state index contributed by atoms with van der Waals surface area (Å²) >= 11 is -1.23. The standard InChI is InChI=1S/C27H37N3O7S2/c1-27(2,3)37-26(31)28-19-16-21(17-20-28)9-7-8-18-29(22-12-14-23(15-13-22)38(4)34)39(35,36)25-11-6-5-10-24(25)30(32)33/h5-6,10-15,21H,7-9,16-20H2,1-4H3. The largest absolute Gasteiger partial charge is 0.612 e. The van der Waals surface area contributed by atoms with Crippen molar-refractivity contribution >= 4 is 38.7 Å². The lowest BCUT2D eigenvalue weighted by molar-refractivity contribution is -0.387. The molecule has 0 saturated carbocycles. The maximum absolute atomic E-state index is 13.7. The molecule has 1 aliphatic rings. The summed E-state index contributed by atoms with van der Waals surface area (Å²) in [5.74, 6) is 0.419. The highest BCUT2D eigenvalue weighted by Gasteiger charge is 2.32. The van der Waals surface area contributed by atoms with Crippen LogP contribution < -0.4 is 4.31 Å². The first-order valence-electron chi connectivity index (χ1n) is 13.0. The molecular weight excluding hydrogens is 542 g/mol. The van der Waals surface area contributed by atoms with E-state index in [2.05, 4.69) is 0 Å². The molecule has 0 N–H and O–H groups in total. The van der Waals surface area contributed by atoms with Crippen LogP contribution in [0.25, 0.3) is 0 Å². The van der Waals surface area contributed by atoms with Crippen molar-refractivity contribution in [3.05, 3.63) is 58.6 Å². The Hall–Kier alpha value is -2.83. The van der Waals surface area contributed by atoms with Gasteiger partial charge in [0, 0.05) is 25.7 Å². The molecule has 0 radical (unpaired) electrons. The first-order valence-corrected chi connectivity index (χ1v) is 16.0. The quantitative estimate of drug-likeness (QED) is 0.160. The van der Waals surface area contributed by atoms with Crippen LogP contribution in [0.3, 0.4) is 0 Å². The van der Waals surface area contributed by atoms with Crippen LogP contribution in [0, 0.1) is 16.0 Å². The molecule has 214 valence electrons. The molecule has 0 aromatic heterocycles. The van der Waals surface area contributed by atoms with Crippen LogP contribution in [-0.4, -0.2) is 60.4 Å². The second kappa shape index (κ2) is 13.0. The Labute approximate surface area is 233 Å². The van der Waals surface area contributed by atoms with Crippen molar-refractivity contribution in [1.29, 1.82) is 0 Å². The van der Waals surface area contributed by atoms with Crippen LogP contribution >= 0.6 is 0 Å². The molecule has 0 bridgehead atoms. The van der Waals surface area contributed by atoms with Crippen molar-refractivity contribution in [3.8, 4) is 0 Å². The fourth-order valence-electron chi connectivity index (χ4n) is 4.56. The highest BCUT2D eigenvalue weighted by Crippen LogP contribution is 2.31. The molecule has 0 spiro atoms. The van der Waals surface area contributed by atoms with Gasteiger partial charge in [-0.3, -0.25) is 14.4 Å². The number of para-hydroxylation sites is 1. The second-order valence-corrected chi connectivity index (χ2v) is 13.9. The molecule has 1 heterocycles. The van der Waals surface area contributed by atoms with E-state index in [1.165, 1.54) is 34.8 Å². The zero-order valence-electron chi connectivity index (χ0n) is 22.9. The van der Waals surface area contributed by atoms with Gasteiger partial charge in [-0.2, -0.15) is 0 Å². The van der Waals surface area contributed by atoms with Crippen molar-refractivity contribution in [2.75, 3.05) is 30.2 Å². The Morgan fingerprint density at radius 2 is 1.72 bits per heavy atom. The van der Waals surface area contributed by atoms with Crippen LogP contribution in [0.2, 0.25) is 0 Å². The van der Waals surface area contributed by atoms with Gasteiger partial charge in [0.05, 0.1) is 10.6 Å². The van der Waals surface area contributed by atoms with Gasteiger partial charge >= 0.3 is 6.09 Å². The summed E-state index contributed by atoms with van der Waals surface area (Å²) in [6.07, 6.45) is 5.14. The van der Waals surface area contributed by atoms with E-state index in [1.807, 2.05) is 20.8 Å². The number of unbranched alkanes of at least 4 members (excludes halogenated alkanes) is 1. The monoisotopic (exact) mass is 579 g/mol. The van der Waals surface area contributed by atoms with Crippen molar-refractivity contribution < 1.29 is 27.4 Å². The number of sulfonamides is 1. The average molecular weight is 580 g/mol. The Bertz CT molecular complexity index is 1240. The van der Waals surface area contributed by atoms with Gasteiger partial charge in [0.25, 0.3) is 15.7 Å². The fourth-order valence-corrected chi connectivity index (χ4v) is 6.74. The molecular formula is C27H37N3O7S2. The van der Waals surface area contributed by atoms with E-state index in [-0.39, 0.29) is 17.5 Å². The number of carbonyl (C=O) groups excluding carboxylic acids is 1. The maximum Gasteiger partial charge on any atom is 0.410 e. The summed E-state index contributed by atoms with van der Waals surface area (Å²) in [6.45, 7) is 6.92. The molecule has 39 heavy (non-hydrogen) atoms. The molecule has 1 saturated heterocycles. The number of nitrogens with zero attached hydrogens (tertiary/aromatic N) is 3. The predicted molar refractivity (Wildman–Crippen MR) is 151 cm³/mol. The van der Waals surface area contributed by atoms with Gasteiger partial charge in [0.2, 0.25) is 0 Å². The highest BCUT2D eigenvalue weighted by molar-refractivity contribution is 7.93. The van der Waals surface area contributed by atoms with E-state index in [0.29, 0.717) is 36.0 Å². The number of carbonyl (C=O) groups is 1. The van der Waals surface area contributed by atoms with Crippen LogP contribution in [0.4, 0.5) is 16.2 Å². The number of anilines is 1. The smallest absolute Gasteiger partial charge is 0.410 e. The number of ether oxygens (including phenoxy) is 1. The molecule has 1 amide bonds. The Balaban J connectivity index is 1.68. The summed E-state index contributed by atoms with van der Waals surface area (Å²) in [7, 11) is -4.24. The van der Waals surface area contributed by atoms with Crippen LogP contribution in [0.5, 0.6) is 0 Å². The topological polar surface area (TPSA) is 133 Å². The molecule has 12 heteroatoms. The SMILES string of the molecule is C[S+]([O-])c1ccc(N(CCCCC2CCN(C(=O)OC(C)(C)C)CC2)S(=O)(=O)c2ccccc2[N+](=O)[O-])cc1. The van der Waals surface area contributed by atoms with E-state index in [1.54, 1.807) is 29.2 Å². The Kier molecular flexibility index (Phi) is 10.2. The average Bonchev–Trinajstić information content (AvgIpc) is 2.88. The highest BCUT2D eigenvalue weighted by atomic mass is 32.2. The molecule has 1 fully saturated rings. The minimum absolute atomic E-state index is 0.139. The van der Waals surface area contributed by atoms with E-state index >= 15 is 0 Å². The van der Waals surface area contributed by atoms with E-state index < -0.39 is 37.4 Å². The second-order valence-electron chi connectivity index (χ2n) is 10.7. The molecule has 3 rings (SSSR count). The van der Waals surface area contributed by atoms with E-state index in [4.69, 9.17) is 4.74 Å². The molecule has 0 aliphatic carbocycles. The number of nitro benzene ring substituents is 1. The van der Waals surface area contributed by atoms with Crippen LogP contribution in [0.15, 0.2) is 58.3 Å². The van der Waals surface area contributed by atoms with Gasteiger partial charge in [-0.05, 0) is 87.5 Å². The minimum Gasteiger partial charge on any atom is -0.612 e. The number of likely N-dealkylation sites (tertiary alicyclic amines) is 1. The van der Waals surface area contributed by atoms with Crippen molar-refractivity contribution in [2.45, 2.75) is 68.3 Å². The maximum atomic E-state index is 13.7. The number of rotatable bonds is 10. The minimum atomic E-state index is -4.24. The molecule has 10 nitrogen and oxygen atoms in total.